The molecule has 1 amide bonds. The molecular formula is C25H31N3O3S. The second kappa shape index (κ2) is 8.71. The fourth-order valence-electron chi connectivity index (χ4n) is 4.61. The molecule has 170 valence electrons. The van der Waals surface area contributed by atoms with Crippen molar-refractivity contribution >= 4 is 26.8 Å². The number of nitrogens with zero attached hydrogens (tertiary/aromatic N) is 2. The molecular weight excluding hydrogens is 422 g/mol. The third-order valence-electron chi connectivity index (χ3n) is 6.77. The van der Waals surface area contributed by atoms with Crippen molar-refractivity contribution < 1.29 is 13.2 Å². The highest BCUT2D eigenvalue weighted by molar-refractivity contribution is 7.89. The lowest BCUT2D eigenvalue weighted by Gasteiger charge is -2.35. The van der Waals surface area contributed by atoms with Crippen LogP contribution in [0.5, 0.6) is 0 Å². The number of hydrogen-bond acceptors (Lipinski definition) is 3. The quantitative estimate of drug-likeness (QED) is 0.637. The number of amides is 1. The molecule has 0 atom stereocenters. The largest absolute Gasteiger partial charge is 0.361 e. The normalized spacial score (nSPS) is 15.4. The molecule has 0 saturated carbocycles. The van der Waals surface area contributed by atoms with E-state index in [-0.39, 0.29) is 5.91 Å². The van der Waals surface area contributed by atoms with Crippen LogP contribution in [0, 0.1) is 27.7 Å². The van der Waals surface area contributed by atoms with E-state index < -0.39 is 10.0 Å². The summed E-state index contributed by atoms with van der Waals surface area (Å²) in [5.41, 5.74) is 5.80. The van der Waals surface area contributed by atoms with Crippen LogP contribution in [0.2, 0.25) is 0 Å². The lowest BCUT2D eigenvalue weighted by Crippen LogP contribution is -2.50. The molecule has 1 aromatic heterocycles. The summed E-state index contributed by atoms with van der Waals surface area (Å²) in [4.78, 5) is 18.3. The molecule has 0 radical (unpaired) electrons. The lowest BCUT2D eigenvalue weighted by atomic mass is 10.0. The summed E-state index contributed by atoms with van der Waals surface area (Å²) in [6.07, 6.45) is 3.06. The predicted octanol–water partition coefficient (Wildman–Crippen LogP) is 3.87. The van der Waals surface area contributed by atoms with Crippen molar-refractivity contribution in [3.05, 3.63) is 64.3 Å². The third kappa shape index (κ3) is 4.07. The second-order valence-corrected chi connectivity index (χ2v) is 10.6. The van der Waals surface area contributed by atoms with Gasteiger partial charge in [-0.1, -0.05) is 24.3 Å². The Bertz CT molecular complexity index is 1240. The number of carbonyl (C=O) groups is 1. The molecule has 3 aromatic rings. The highest BCUT2D eigenvalue weighted by Crippen LogP contribution is 2.29. The SMILES string of the molecule is Cc1cc(C)c(C)c(S(=O)(=O)N2CCN(C(=O)CCc3c[nH]c4ccccc34)CC2)c1C. The lowest BCUT2D eigenvalue weighted by molar-refractivity contribution is -0.132. The number of para-hydroxylation sites is 1. The molecule has 32 heavy (non-hydrogen) atoms. The van der Waals surface area contributed by atoms with Gasteiger partial charge in [-0.3, -0.25) is 4.79 Å². The smallest absolute Gasteiger partial charge is 0.243 e. The van der Waals surface area contributed by atoms with Crippen LogP contribution in [0.4, 0.5) is 0 Å². The molecule has 0 spiro atoms. The van der Waals surface area contributed by atoms with E-state index >= 15 is 0 Å². The summed E-state index contributed by atoms with van der Waals surface area (Å²) in [5.74, 6) is 0.0751. The monoisotopic (exact) mass is 453 g/mol. The van der Waals surface area contributed by atoms with Crippen molar-refractivity contribution in [2.24, 2.45) is 0 Å². The molecule has 2 aromatic carbocycles. The number of fused-ring (bicyclic) bond motifs is 1. The predicted molar refractivity (Wildman–Crippen MR) is 127 cm³/mol. The van der Waals surface area contributed by atoms with Crippen LogP contribution >= 0.6 is 0 Å². The van der Waals surface area contributed by atoms with Gasteiger partial charge in [0.05, 0.1) is 4.90 Å². The van der Waals surface area contributed by atoms with Crippen molar-refractivity contribution in [2.45, 2.75) is 45.4 Å². The Hall–Kier alpha value is -2.64. The van der Waals surface area contributed by atoms with Crippen LogP contribution in [-0.4, -0.2) is 54.7 Å². The average molecular weight is 454 g/mol. The summed E-state index contributed by atoms with van der Waals surface area (Å²) in [7, 11) is -3.60. The number of aryl methyl sites for hydroxylation is 3. The minimum absolute atomic E-state index is 0.0751. The van der Waals surface area contributed by atoms with E-state index in [4.69, 9.17) is 0 Å². The molecule has 1 N–H and O–H groups in total. The molecule has 1 aliphatic rings. The fraction of sp³-hybridized carbons (Fsp3) is 0.400. The van der Waals surface area contributed by atoms with E-state index in [2.05, 4.69) is 11.1 Å². The molecule has 1 aliphatic heterocycles. The maximum absolute atomic E-state index is 13.4. The van der Waals surface area contributed by atoms with Gasteiger partial charge in [0, 0.05) is 49.7 Å². The number of aromatic nitrogens is 1. The van der Waals surface area contributed by atoms with Crippen molar-refractivity contribution in [3.63, 3.8) is 0 Å². The molecule has 0 bridgehead atoms. The van der Waals surface area contributed by atoms with E-state index in [0.717, 1.165) is 38.7 Å². The second-order valence-electron chi connectivity index (χ2n) is 8.73. The number of aromatic amines is 1. The van der Waals surface area contributed by atoms with Gasteiger partial charge in [0.25, 0.3) is 0 Å². The van der Waals surface area contributed by atoms with E-state index in [0.29, 0.717) is 43.9 Å². The number of piperazine rings is 1. The Labute approximate surface area is 190 Å². The van der Waals surface area contributed by atoms with E-state index in [1.807, 2.05) is 58.2 Å². The average Bonchev–Trinajstić information content (AvgIpc) is 3.19. The van der Waals surface area contributed by atoms with Gasteiger partial charge in [-0.2, -0.15) is 4.31 Å². The van der Waals surface area contributed by atoms with Crippen LogP contribution in [0.3, 0.4) is 0 Å². The van der Waals surface area contributed by atoms with Gasteiger partial charge in [0.2, 0.25) is 15.9 Å². The Morgan fingerprint density at radius 3 is 2.25 bits per heavy atom. The first kappa shape index (κ1) is 22.6. The molecule has 6 nitrogen and oxygen atoms in total. The first-order chi connectivity index (χ1) is 15.2. The highest BCUT2D eigenvalue weighted by Gasteiger charge is 2.32. The van der Waals surface area contributed by atoms with Gasteiger partial charge in [-0.15, -0.1) is 0 Å². The van der Waals surface area contributed by atoms with Crippen LogP contribution < -0.4 is 0 Å². The van der Waals surface area contributed by atoms with Gasteiger partial charge >= 0.3 is 0 Å². The van der Waals surface area contributed by atoms with Gasteiger partial charge in [0.15, 0.2) is 0 Å². The Kier molecular flexibility index (Phi) is 6.14. The number of H-pyrrole nitrogens is 1. The zero-order chi connectivity index (χ0) is 23.0. The number of sulfonamides is 1. The highest BCUT2D eigenvalue weighted by atomic mass is 32.2. The van der Waals surface area contributed by atoms with Gasteiger partial charge in [-0.25, -0.2) is 8.42 Å². The topological polar surface area (TPSA) is 73.5 Å². The maximum atomic E-state index is 13.4. The minimum atomic E-state index is -3.60. The number of benzene rings is 2. The van der Waals surface area contributed by atoms with Crippen molar-refractivity contribution in [1.82, 2.24) is 14.2 Å². The molecule has 4 rings (SSSR count). The van der Waals surface area contributed by atoms with Gasteiger partial charge in [0.1, 0.15) is 0 Å². The number of hydrogen-bond donors (Lipinski definition) is 1. The summed E-state index contributed by atoms with van der Waals surface area (Å²) in [5, 5.41) is 1.15. The number of nitrogens with one attached hydrogen (secondary N) is 1. The molecule has 1 saturated heterocycles. The van der Waals surface area contributed by atoms with Gasteiger partial charge < -0.3 is 9.88 Å². The molecule has 7 heteroatoms. The zero-order valence-corrected chi connectivity index (χ0v) is 20.1. The molecule has 2 heterocycles. The van der Waals surface area contributed by atoms with Crippen molar-refractivity contribution in [2.75, 3.05) is 26.2 Å². The van der Waals surface area contributed by atoms with Crippen molar-refractivity contribution in [1.29, 1.82) is 0 Å². The Morgan fingerprint density at radius 2 is 1.59 bits per heavy atom. The number of rotatable bonds is 5. The zero-order valence-electron chi connectivity index (χ0n) is 19.2. The van der Waals surface area contributed by atoms with Crippen LogP contribution in [0.25, 0.3) is 10.9 Å². The maximum Gasteiger partial charge on any atom is 0.243 e. The summed E-state index contributed by atoms with van der Waals surface area (Å²) in [6.45, 7) is 9.15. The Balaban J connectivity index is 1.41. The number of carbonyl (C=O) groups excluding carboxylic acids is 1. The summed E-state index contributed by atoms with van der Waals surface area (Å²) in [6, 6.07) is 10.1. The minimum Gasteiger partial charge on any atom is -0.361 e. The third-order valence-corrected chi connectivity index (χ3v) is 8.94. The fourth-order valence-corrected chi connectivity index (χ4v) is 6.61. The molecule has 0 unspecified atom stereocenters. The first-order valence-electron chi connectivity index (χ1n) is 11.1. The van der Waals surface area contributed by atoms with Crippen molar-refractivity contribution in [3.8, 4) is 0 Å². The van der Waals surface area contributed by atoms with Crippen LogP contribution in [0.15, 0.2) is 41.4 Å². The van der Waals surface area contributed by atoms with Crippen LogP contribution in [0.1, 0.15) is 34.2 Å². The summed E-state index contributed by atoms with van der Waals surface area (Å²) < 4.78 is 28.4. The van der Waals surface area contributed by atoms with E-state index in [1.165, 1.54) is 4.31 Å². The molecule has 0 aliphatic carbocycles. The van der Waals surface area contributed by atoms with Gasteiger partial charge in [-0.05, 0) is 68.0 Å². The molecule has 1 fully saturated rings. The summed E-state index contributed by atoms with van der Waals surface area (Å²) >= 11 is 0. The Morgan fingerprint density at radius 1 is 0.969 bits per heavy atom. The standard InChI is InChI=1S/C25H31N3O3S/c1-17-15-18(2)20(4)25(19(17)3)32(30,31)28-13-11-27(12-14-28)24(29)10-9-21-16-26-23-8-6-5-7-22(21)23/h5-8,15-16,26H,9-14H2,1-4H3. The first-order valence-corrected chi connectivity index (χ1v) is 12.5. The van der Waals surface area contributed by atoms with E-state index in [1.54, 1.807) is 4.90 Å². The van der Waals surface area contributed by atoms with Crippen LogP contribution in [-0.2, 0) is 21.2 Å². The van der Waals surface area contributed by atoms with E-state index in [9.17, 15) is 13.2 Å².